The summed E-state index contributed by atoms with van der Waals surface area (Å²) in [5, 5.41) is 2.88. The number of nitrogens with one attached hydrogen (secondary N) is 1. The van der Waals surface area contributed by atoms with E-state index >= 15 is 0 Å². The van der Waals surface area contributed by atoms with Crippen LogP contribution in [0.4, 0.5) is 5.69 Å². The highest BCUT2D eigenvalue weighted by Gasteiger charge is 2.06. The molecule has 3 aromatic carbocycles. The molecule has 3 rings (SSSR count). The van der Waals surface area contributed by atoms with Crippen molar-refractivity contribution in [2.45, 2.75) is 13.5 Å². The van der Waals surface area contributed by atoms with Crippen molar-refractivity contribution < 1.29 is 14.3 Å². The minimum Gasteiger partial charge on any atom is -0.493 e. The Balaban J connectivity index is 1.65. The van der Waals surface area contributed by atoms with Crippen LogP contribution in [0, 0.1) is 6.92 Å². The Kier molecular flexibility index (Phi) is 6.47. The summed E-state index contributed by atoms with van der Waals surface area (Å²) in [6.45, 7) is 2.42. The van der Waals surface area contributed by atoms with Gasteiger partial charge in [-0.15, -0.1) is 0 Å². The zero-order chi connectivity index (χ0) is 19.8. The second kappa shape index (κ2) is 9.42. The number of hydrogen-bond acceptors (Lipinski definition) is 3. The number of carbonyl (C=O) groups is 1. The van der Waals surface area contributed by atoms with E-state index in [-0.39, 0.29) is 5.91 Å². The van der Waals surface area contributed by atoms with E-state index < -0.39 is 0 Å². The Morgan fingerprint density at radius 1 is 0.964 bits per heavy atom. The van der Waals surface area contributed by atoms with Crippen molar-refractivity contribution in [1.29, 1.82) is 0 Å². The van der Waals surface area contributed by atoms with Crippen molar-refractivity contribution >= 4 is 17.7 Å². The summed E-state index contributed by atoms with van der Waals surface area (Å²) in [4.78, 5) is 12.2. The van der Waals surface area contributed by atoms with E-state index in [1.165, 1.54) is 6.08 Å². The Labute approximate surface area is 165 Å². The zero-order valence-corrected chi connectivity index (χ0v) is 16.0. The first-order valence-corrected chi connectivity index (χ1v) is 9.05. The molecule has 0 aromatic heterocycles. The number of benzene rings is 3. The van der Waals surface area contributed by atoms with Gasteiger partial charge in [-0.05, 0) is 47.9 Å². The molecule has 142 valence electrons. The van der Waals surface area contributed by atoms with Crippen LogP contribution in [-0.2, 0) is 11.4 Å². The normalized spacial score (nSPS) is 10.6. The Morgan fingerprint density at radius 3 is 2.46 bits per heavy atom. The molecule has 0 radical (unpaired) electrons. The van der Waals surface area contributed by atoms with Crippen molar-refractivity contribution in [3.8, 4) is 11.5 Å². The van der Waals surface area contributed by atoms with E-state index in [1.54, 1.807) is 13.2 Å². The molecule has 0 heterocycles. The van der Waals surface area contributed by atoms with Crippen LogP contribution in [0.2, 0.25) is 0 Å². The lowest BCUT2D eigenvalue weighted by atomic mass is 10.1. The standard InChI is InChI=1S/C24H23NO3/c1-18-8-6-7-11-21(18)25-24(26)15-13-19-12-14-22(23(16-19)27-2)28-17-20-9-4-3-5-10-20/h3-16H,17H2,1-2H3,(H,25,26)/b15-13+. The number of aryl methyl sites for hydroxylation is 1. The van der Waals surface area contributed by atoms with E-state index in [4.69, 9.17) is 9.47 Å². The van der Waals surface area contributed by atoms with E-state index in [1.807, 2.05) is 79.7 Å². The summed E-state index contributed by atoms with van der Waals surface area (Å²) in [5.74, 6) is 1.10. The molecule has 28 heavy (non-hydrogen) atoms. The van der Waals surface area contributed by atoms with Gasteiger partial charge in [0.2, 0.25) is 5.91 Å². The summed E-state index contributed by atoms with van der Waals surface area (Å²) in [7, 11) is 1.60. The van der Waals surface area contributed by atoms with Gasteiger partial charge in [0.25, 0.3) is 0 Å². The number of para-hydroxylation sites is 1. The molecule has 0 fully saturated rings. The molecule has 3 aromatic rings. The van der Waals surface area contributed by atoms with Crippen LogP contribution >= 0.6 is 0 Å². The maximum absolute atomic E-state index is 12.2. The number of methoxy groups -OCH3 is 1. The van der Waals surface area contributed by atoms with E-state index in [0.717, 1.165) is 22.4 Å². The first kappa shape index (κ1) is 19.2. The van der Waals surface area contributed by atoms with Gasteiger partial charge in [0, 0.05) is 11.8 Å². The predicted octanol–water partition coefficient (Wildman–Crippen LogP) is 5.23. The summed E-state index contributed by atoms with van der Waals surface area (Å²) in [6, 6.07) is 23.2. The summed E-state index contributed by atoms with van der Waals surface area (Å²) < 4.78 is 11.3. The van der Waals surface area contributed by atoms with Crippen LogP contribution in [-0.4, -0.2) is 13.0 Å². The summed E-state index contributed by atoms with van der Waals surface area (Å²) in [6.07, 6.45) is 3.25. The summed E-state index contributed by atoms with van der Waals surface area (Å²) in [5.41, 5.74) is 3.76. The average Bonchev–Trinajstić information content (AvgIpc) is 2.73. The predicted molar refractivity (Wildman–Crippen MR) is 113 cm³/mol. The van der Waals surface area contributed by atoms with Crippen LogP contribution < -0.4 is 14.8 Å². The highest BCUT2D eigenvalue weighted by atomic mass is 16.5. The van der Waals surface area contributed by atoms with Crippen LogP contribution in [0.3, 0.4) is 0 Å². The van der Waals surface area contributed by atoms with Gasteiger partial charge in [0.05, 0.1) is 7.11 Å². The monoisotopic (exact) mass is 373 g/mol. The first-order valence-electron chi connectivity index (χ1n) is 9.05. The highest BCUT2D eigenvalue weighted by Crippen LogP contribution is 2.29. The van der Waals surface area contributed by atoms with E-state index in [0.29, 0.717) is 18.1 Å². The third-order valence-corrected chi connectivity index (χ3v) is 4.25. The molecule has 0 aliphatic rings. The van der Waals surface area contributed by atoms with Crippen LogP contribution in [0.25, 0.3) is 6.08 Å². The van der Waals surface area contributed by atoms with Gasteiger partial charge in [0.15, 0.2) is 11.5 Å². The second-order valence-corrected chi connectivity index (χ2v) is 6.32. The Morgan fingerprint density at radius 2 is 1.71 bits per heavy atom. The molecule has 1 N–H and O–H groups in total. The van der Waals surface area contributed by atoms with Gasteiger partial charge in [-0.25, -0.2) is 0 Å². The number of hydrogen-bond donors (Lipinski definition) is 1. The third-order valence-electron chi connectivity index (χ3n) is 4.25. The third kappa shape index (κ3) is 5.24. The quantitative estimate of drug-likeness (QED) is 0.577. The highest BCUT2D eigenvalue weighted by molar-refractivity contribution is 6.02. The average molecular weight is 373 g/mol. The van der Waals surface area contributed by atoms with Gasteiger partial charge in [-0.2, -0.15) is 0 Å². The SMILES string of the molecule is COc1cc(/C=C/C(=O)Nc2ccccc2C)ccc1OCc1ccccc1. The molecule has 4 nitrogen and oxygen atoms in total. The van der Waals surface area contributed by atoms with Gasteiger partial charge < -0.3 is 14.8 Å². The fourth-order valence-electron chi connectivity index (χ4n) is 2.70. The lowest BCUT2D eigenvalue weighted by molar-refractivity contribution is -0.111. The second-order valence-electron chi connectivity index (χ2n) is 6.32. The van der Waals surface area contributed by atoms with Crippen molar-refractivity contribution in [2.24, 2.45) is 0 Å². The topological polar surface area (TPSA) is 47.6 Å². The molecule has 1 amide bonds. The van der Waals surface area contributed by atoms with Crippen molar-refractivity contribution in [2.75, 3.05) is 12.4 Å². The van der Waals surface area contributed by atoms with Crippen molar-refractivity contribution in [1.82, 2.24) is 0 Å². The molecule has 0 spiro atoms. The fraction of sp³-hybridized carbons (Fsp3) is 0.125. The van der Waals surface area contributed by atoms with Crippen molar-refractivity contribution in [3.05, 3.63) is 95.6 Å². The number of carbonyl (C=O) groups excluding carboxylic acids is 1. The fourth-order valence-corrected chi connectivity index (χ4v) is 2.70. The Bertz CT molecular complexity index is 965. The largest absolute Gasteiger partial charge is 0.493 e. The number of amides is 1. The Hall–Kier alpha value is -3.53. The lowest BCUT2D eigenvalue weighted by Gasteiger charge is -2.11. The zero-order valence-electron chi connectivity index (χ0n) is 16.0. The molecular weight excluding hydrogens is 350 g/mol. The van der Waals surface area contributed by atoms with Gasteiger partial charge in [0.1, 0.15) is 6.61 Å². The maximum atomic E-state index is 12.2. The van der Waals surface area contributed by atoms with Crippen molar-refractivity contribution in [3.63, 3.8) is 0 Å². The van der Waals surface area contributed by atoms with Gasteiger partial charge in [-0.1, -0.05) is 54.6 Å². The molecule has 0 atom stereocenters. The van der Waals surface area contributed by atoms with Crippen LogP contribution in [0.1, 0.15) is 16.7 Å². The first-order chi connectivity index (χ1) is 13.7. The van der Waals surface area contributed by atoms with E-state index in [9.17, 15) is 4.79 Å². The molecule has 0 unspecified atom stereocenters. The molecule has 4 heteroatoms. The van der Waals surface area contributed by atoms with Gasteiger partial charge >= 0.3 is 0 Å². The van der Waals surface area contributed by atoms with Gasteiger partial charge in [-0.3, -0.25) is 4.79 Å². The molecule has 0 aliphatic carbocycles. The maximum Gasteiger partial charge on any atom is 0.248 e. The number of anilines is 1. The van der Waals surface area contributed by atoms with Crippen LogP contribution in [0.15, 0.2) is 78.9 Å². The molecule has 0 bridgehead atoms. The van der Waals surface area contributed by atoms with E-state index in [2.05, 4.69) is 5.32 Å². The summed E-state index contributed by atoms with van der Waals surface area (Å²) >= 11 is 0. The minimum atomic E-state index is -0.183. The molecule has 0 aliphatic heterocycles. The lowest BCUT2D eigenvalue weighted by Crippen LogP contribution is -2.08. The molecule has 0 saturated carbocycles. The minimum absolute atomic E-state index is 0.183. The molecular formula is C24H23NO3. The smallest absolute Gasteiger partial charge is 0.248 e. The number of ether oxygens (including phenoxy) is 2. The van der Waals surface area contributed by atoms with Crippen LogP contribution in [0.5, 0.6) is 11.5 Å². The molecule has 0 saturated heterocycles. The number of rotatable bonds is 7.